The van der Waals surface area contributed by atoms with E-state index in [-0.39, 0.29) is 28.6 Å². The standard InChI is InChI=1S/C36H42N6O3/c1-23-29(9-8-10-30(23)38-33(43)25-11-15-27(16-12-25)36(3,4)5)31-24(2)41(7)35(45)32(39-31)37-28-17-13-26(14-18-28)34(44)42-21-19-40(6)20-22-42/h8-18H,19-22H2,1-7H3,(H,37,39)(H,38,43). The van der Waals surface area contributed by atoms with Crippen molar-refractivity contribution in [2.75, 3.05) is 43.9 Å². The maximum atomic E-state index is 13.2. The van der Waals surface area contributed by atoms with E-state index in [0.717, 1.165) is 29.8 Å². The molecule has 4 aromatic rings. The smallest absolute Gasteiger partial charge is 0.293 e. The molecule has 9 nitrogen and oxygen atoms in total. The number of carbonyl (C=O) groups excluding carboxylic acids is 2. The Bertz CT molecular complexity index is 1780. The molecule has 9 heteroatoms. The van der Waals surface area contributed by atoms with E-state index in [2.05, 4.69) is 43.4 Å². The van der Waals surface area contributed by atoms with Gasteiger partial charge in [-0.3, -0.25) is 14.4 Å². The summed E-state index contributed by atoms with van der Waals surface area (Å²) in [5, 5.41) is 6.21. The Kier molecular flexibility index (Phi) is 8.93. The number of carbonyl (C=O) groups is 2. The number of nitrogens with one attached hydrogen (secondary N) is 2. The van der Waals surface area contributed by atoms with Crippen LogP contribution >= 0.6 is 0 Å². The Hall–Kier alpha value is -4.76. The number of aromatic nitrogens is 2. The van der Waals surface area contributed by atoms with Gasteiger partial charge in [0.2, 0.25) is 0 Å². The van der Waals surface area contributed by atoms with Crippen LogP contribution in [0.5, 0.6) is 0 Å². The van der Waals surface area contributed by atoms with Crippen LogP contribution in [0.15, 0.2) is 71.5 Å². The molecule has 2 heterocycles. The number of anilines is 3. The normalized spacial score (nSPS) is 13.9. The summed E-state index contributed by atoms with van der Waals surface area (Å²) in [6, 6.07) is 20.5. The molecular weight excluding hydrogens is 564 g/mol. The number of hydrogen-bond donors (Lipinski definition) is 2. The van der Waals surface area contributed by atoms with Gasteiger partial charge < -0.3 is 25.0 Å². The number of amides is 2. The molecule has 0 bridgehead atoms. The van der Waals surface area contributed by atoms with Crippen molar-refractivity contribution in [1.82, 2.24) is 19.4 Å². The molecule has 1 aliphatic heterocycles. The molecule has 0 radical (unpaired) electrons. The Balaban J connectivity index is 1.38. The average molecular weight is 607 g/mol. The number of piperazine rings is 1. The Morgan fingerprint density at radius 1 is 0.822 bits per heavy atom. The van der Waals surface area contributed by atoms with Gasteiger partial charge in [0.05, 0.1) is 5.69 Å². The molecule has 1 aromatic heterocycles. The van der Waals surface area contributed by atoms with Gasteiger partial charge in [0.1, 0.15) is 0 Å². The van der Waals surface area contributed by atoms with Crippen molar-refractivity contribution in [2.45, 2.75) is 40.0 Å². The van der Waals surface area contributed by atoms with E-state index in [1.807, 2.05) is 61.2 Å². The van der Waals surface area contributed by atoms with E-state index >= 15 is 0 Å². The molecule has 0 atom stereocenters. The van der Waals surface area contributed by atoms with Crippen molar-refractivity contribution in [3.05, 3.63) is 105 Å². The molecule has 2 N–H and O–H groups in total. The molecular formula is C36H42N6O3. The van der Waals surface area contributed by atoms with Gasteiger partial charge in [-0.05, 0) is 79.9 Å². The Morgan fingerprint density at radius 2 is 1.44 bits per heavy atom. The van der Waals surface area contributed by atoms with Crippen LogP contribution in [-0.2, 0) is 12.5 Å². The lowest BCUT2D eigenvalue weighted by atomic mass is 9.86. The van der Waals surface area contributed by atoms with E-state index in [9.17, 15) is 14.4 Å². The first-order chi connectivity index (χ1) is 21.3. The molecule has 1 aliphatic rings. The minimum absolute atomic E-state index is 0.00135. The van der Waals surface area contributed by atoms with Crippen LogP contribution in [0.1, 0.15) is 58.3 Å². The van der Waals surface area contributed by atoms with E-state index in [1.54, 1.807) is 35.9 Å². The predicted molar refractivity (Wildman–Crippen MR) is 181 cm³/mol. The highest BCUT2D eigenvalue weighted by Crippen LogP contribution is 2.31. The highest BCUT2D eigenvalue weighted by molar-refractivity contribution is 6.05. The monoisotopic (exact) mass is 606 g/mol. The molecule has 0 aliphatic carbocycles. The SMILES string of the molecule is Cc1c(NC(=O)c2ccc(C(C)(C)C)cc2)cccc1-c1nc(Nc2ccc(C(=O)N3CCN(C)CC3)cc2)c(=O)n(C)c1C. The van der Waals surface area contributed by atoms with Crippen LogP contribution < -0.4 is 16.2 Å². The van der Waals surface area contributed by atoms with Crippen LogP contribution in [-0.4, -0.2) is 64.4 Å². The fourth-order valence-corrected chi connectivity index (χ4v) is 5.42. The summed E-state index contributed by atoms with van der Waals surface area (Å²) in [5.74, 6) is -0.0209. The van der Waals surface area contributed by atoms with Crippen molar-refractivity contribution < 1.29 is 9.59 Å². The zero-order valence-electron chi connectivity index (χ0n) is 27.2. The van der Waals surface area contributed by atoms with Crippen LogP contribution in [0, 0.1) is 13.8 Å². The quantitative estimate of drug-likeness (QED) is 0.290. The molecule has 0 spiro atoms. The van der Waals surface area contributed by atoms with Crippen LogP contribution in [0.4, 0.5) is 17.2 Å². The second-order valence-electron chi connectivity index (χ2n) is 12.8. The summed E-state index contributed by atoms with van der Waals surface area (Å²) in [6.45, 7) is 13.3. The summed E-state index contributed by atoms with van der Waals surface area (Å²) in [6.07, 6.45) is 0. The predicted octanol–water partition coefficient (Wildman–Crippen LogP) is 5.75. The van der Waals surface area contributed by atoms with Gasteiger partial charge in [-0.15, -0.1) is 0 Å². The Labute approximate surface area is 264 Å². The highest BCUT2D eigenvalue weighted by atomic mass is 16.2. The van der Waals surface area contributed by atoms with Crippen LogP contribution in [0.25, 0.3) is 11.3 Å². The lowest BCUT2D eigenvalue weighted by Gasteiger charge is -2.32. The molecule has 3 aromatic carbocycles. The molecule has 45 heavy (non-hydrogen) atoms. The molecule has 1 fully saturated rings. The summed E-state index contributed by atoms with van der Waals surface area (Å²) >= 11 is 0. The summed E-state index contributed by atoms with van der Waals surface area (Å²) in [4.78, 5) is 48.2. The maximum Gasteiger partial charge on any atom is 0.293 e. The molecule has 5 rings (SSSR count). The van der Waals surface area contributed by atoms with E-state index < -0.39 is 0 Å². The lowest BCUT2D eigenvalue weighted by Crippen LogP contribution is -2.47. The van der Waals surface area contributed by atoms with Crippen molar-refractivity contribution in [1.29, 1.82) is 0 Å². The first-order valence-corrected chi connectivity index (χ1v) is 15.3. The van der Waals surface area contributed by atoms with Gasteiger partial charge in [-0.25, -0.2) is 4.98 Å². The lowest BCUT2D eigenvalue weighted by molar-refractivity contribution is 0.0664. The minimum Gasteiger partial charge on any atom is -0.336 e. The second kappa shape index (κ2) is 12.7. The minimum atomic E-state index is -0.269. The van der Waals surface area contributed by atoms with Crippen LogP contribution in [0.3, 0.4) is 0 Å². The molecule has 1 saturated heterocycles. The molecule has 0 unspecified atom stereocenters. The largest absolute Gasteiger partial charge is 0.336 e. The third-order valence-corrected chi connectivity index (χ3v) is 8.61. The number of nitrogens with zero attached hydrogens (tertiary/aromatic N) is 4. The molecule has 234 valence electrons. The molecule has 0 saturated carbocycles. The second-order valence-corrected chi connectivity index (χ2v) is 12.8. The third kappa shape index (κ3) is 6.83. The van der Waals surface area contributed by atoms with E-state index in [0.29, 0.717) is 47.0 Å². The zero-order chi connectivity index (χ0) is 32.5. The van der Waals surface area contributed by atoms with Crippen molar-refractivity contribution in [3.63, 3.8) is 0 Å². The fraction of sp³-hybridized carbons (Fsp3) is 0.333. The van der Waals surface area contributed by atoms with Gasteiger partial charge in [0.25, 0.3) is 17.4 Å². The van der Waals surface area contributed by atoms with Gasteiger partial charge in [0, 0.05) is 67.0 Å². The number of rotatable bonds is 6. The topological polar surface area (TPSA) is 99.6 Å². The number of benzene rings is 3. The summed E-state index contributed by atoms with van der Waals surface area (Å²) in [5.41, 5.74) is 6.37. The number of likely N-dealkylation sites (N-methyl/N-ethyl adjacent to an activating group) is 1. The Morgan fingerprint density at radius 3 is 2.07 bits per heavy atom. The number of hydrogen-bond acceptors (Lipinski definition) is 6. The van der Waals surface area contributed by atoms with Gasteiger partial charge in [0.15, 0.2) is 5.82 Å². The van der Waals surface area contributed by atoms with Crippen molar-refractivity contribution in [3.8, 4) is 11.3 Å². The first kappa shape index (κ1) is 31.7. The van der Waals surface area contributed by atoms with E-state index in [4.69, 9.17) is 4.98 Å². The maximum absolute atomic E-state index is 13.2. The van der Waals surface area contributed by atoms with Crippen molar-refractivity contribution >= 4 is 29.0 Å². The zero-order valence-corrected chi connectivity index (χ0v) is 27.2. The van der Waals surface area contributed by atoms with Gasteiger partial charge >= 0.3 is 0 Å². The average Bonchev–Trinajstić information content (AvgIpc) is 3.02. The fourth-order valence-electron chi connectivity index (χ4n) is 5.42. The highest BCUT2D eigenvalue weighted by Gasteiger charge is 2.21. The first-order valence-electron chi connectivity index (χ1n) is 15.3. The van der Waals surface area contributed by atoms with Gasteiger partial charge in [-0.2, -0.15) is 0 Å². The van der Waals surface area contributed by atoms with Crippen LogP contribution in [0.2, 0.25) is 0 Å². The van der Waals surface area contributed by atoms with Crippen molar-refractivity contribution in [2.24, 2.45) is 7.05 Å². The third-order valence-electron chi connectivity index (χ3n) is 8.61. The summed E-state index contributed by atoms with van der Waals surface area (Å²) in [7, 11) is 3.77. The molecule has 2 amide bonds. The van der Waals surface area contributed by atoms with E-state index in [1.165, 1.54) is 0 Å². The summed E-state index contributed by atoms with van der Waals surface area (Å²) < 4.78 is 1.57. The van der Waals surface area contributed by atoms with Gasteiger partial charge in [-0.1, -0.05) is 45.0 Å².